The number of hydrogen-bond acceptors (Lipinski definition) is 10. The molecule has 7 amide bonds. The SMILES string of the molecule is CNC(C)C(=O)NC(C(=O)N1C[C@@H](NC(=O)c2ccc(CNc3ccc4c(c3)CN(C(=O)C(NC(=O)[C@H](C)NC)C(C)(C)C)C(C(=O)NC3CCCc5ccccc53)C4)cc2)CC1C(=O)NC1CCCc2ccccc21)C(C)(C)C. The van der Waals surface area contributed by atoms with Gasteiger partial charge < -0.3 is 52.3 Å². The van der Waals surface area contributed by atoms with Crippen LogP contribution in [0.25, 0.3) is 0 Å². The third kappa shape index (κ3) is 13.7. The number of anilines is 1. The van der Waals surface area contributed by atoms with E-state index in [1.807, 2.05) is 102 Å². The Labute approximate surface area is 472 Å². The van der Waals surface area contributed by atoms with Crippen molar-refractivity contribution in [3.63, 3.8) is 0 Å². The molecule has 4 aromatic carbocycles. The monoisotopic (exact) mass is 1090 g/mol. The molecule has 2 aliphatic heterocycles. The molecule has 0 spiro atoms. The molecule has 8 rings (SSSR count). The normalized spacial score (nSPS) is 21.2. The van der Waals surface area contributed by atoms with Crippen molar-refractivity contribution < 1.29 is 33.6 Å². The van der Waals surface area contributed by atoms with E-state index in [2.05, 4.69) is 60.7 Å². The molecule has 1 fully saturated rings. The molecule has 7 unspecified atom stereocenters. The summed E-state index contributed by atoms with van der Waals surface area (Å²) in [6, 6.07) is 23.9. The zero-order valence-corrected chi connectivity index (χ0v) is 48.4. The molecule has 4 aromatic rings. The number of hydrogen-bond donors (Lipinski definition) is 8. The lowest BCUT2D eigenvalue weighted by atomic mass is 9.83. The number of rotatable bonds is 17. The molecule has 17 nitrogen and oxygen atoms in total. The van der Waals surface area contributed by atoms with Gasteiger partial charge in [-0.1, -0.05) is 108 Å². The van der Waals surface area contributed by atoms with E-state index in [1.165, 1.54) is 16.0 Å². The Morgan fingerprint density at radius 3 is 1.62 bits per heavy atom. The number of fused-ring (bicyclic) bond motifs is 3. The summed E-state index contributed by atoms with van der Waals surface area (Å²) in [5.74, 6) is -2.24. The first kappa shape index (κ1) is 59.0. The van der Waals surface area contributed by atoms with E-state index in [0.29, 0.717) is 18.5 Å². The lowest BCUT2D eigenvalue weighted by Crippen LogP contribution is -2.62. The van der Waals surface area contributed by atoms with E-state index in [0.717, 1.165) is 72.0 Å². The molecule has 0 aromatic heterocycles. The van der Waals surface area contributed by atoms with Gasteiger partial charge in [-0.15, -0.1) is 0 Å². The Hall–Kier alpha value is -7.11. The van der Waals surface area contributed by atoms with Crippen LogP contribution in [0.2, 0.25) is 0 Å². The van der Waals surface area contributed by atoms with Crippen LogP contribution in [0.4, 0.5) is 5.69 Å². The highest BCUT2D eigenvalue weighted by Crippen LogP contribution is 2.35. The van der Waals surface area contributed by atoms with Crippen LogP contribution in [0.15, 0.2) is 91.0 Å². The number of aryl methyl sites for hydroxylation is 2. The highest BCUT2D eigenvalue weighted by atomic mass is 16.2. The van der Waals surface area contributed by atoms with Crippen molar-refractivity contribution in [3.8, 4) is 0 Å². The van der Waals surface area contributed by atoms with E-state index < -0.39 is 53.1 Å². The van der Waals surface area contributed by atoms with E-state index in [-0.39, 0.29) is 72.9 Å². The number of amides is 7. The Morgan fingerprint density at radius 1 is 0.588 bits per heavy atom. The van der Waals surface area contributed by atoms with Gasteiger partial charge in [0.15, 0.2) is 0 Å². The largest absolute Gasteiger partial charge is 0.381 e. The van der Waals surface area contributed by atoms with Crippen LogP contribution < -0.4 is 42.5 Å². The lowest BCUT2D eigenvalue weighted by molar-refractivity contribution is -0.147. The standard InChI is InChI=1S/C63H84N10O7/c1-37(64-9)55(74)70-53(62(3,4)5)60(79)72-35-44-31-45(30-29-43(44)32-51(72)58(77)68-49-23-15-19-40-17-11-13-21-47(40)49)66-34-39-25-27-42(28-26-39)57(76)67-46-33-52(59(78)69-50-24-16-20-41-18-12-14-22-48(41)50)73(36-46)61(80)54(63(6,7)8)71-56(75)38(2)65-10/h11-14,17-18,21-22,25-31,37-38,46,49-54,64-66H,15-16,19-20,23-24,32-36H2,1-10H3,(H,67,76)(H,68,77)(H,69,78)(H,70,74)(H,71,75)/t37-,38?,46-,49?,50?,51?,52?,53?,54?/m0/s1. The zero-order valence-electron chi connectivity index (χ0n) is 48.4. The van der Waals surface area contributed by atoms with Gasteiger partial charge in [-0.2, -0.15) is 0 Å². The summed E-state index contributed by atoms with van der Waals surface area (Å²) in [6.07, 6.45) is 5.80. The Balaban J connectivity index is 0.955. The number of likely N-dealkylation sites (tertiary alicyclic amines) is 1. The van der Waals surface area contributed by atoms with Gasteiger partial charge in [0.2, 0.25) is 35.4 Å². The fraction of sp³-hybridized carbons (Fsp3) is 0.508. The molecule has 17 heteroatoms. The minimum absolute atomic E-state index is 0.0790. The fourth-order valence-electron chi connectivity index (χ4n) is 11.6. The highest BCUT2D eigenvalue weighted by Gasteiger charge is 2.47. The molecule has 428 valence electrons. The topological polar surface area (TPSA) is 222 Å². The van der Waals surface area contributed by atoms with Crippen LogP contribution >= 0.6 is 0 Å². The molecule has 80 heavy (non-hydrogen) atoms. The summed E-state index contributed by atoms with van der Waals surface area (Å²) in [7, 11) is 3.37. The zero-order chi connectivity index (χ0) is 57.6. The molecular formula is C63H84N10O7. The van der Waals surface area contributed by atoms with Gasteiger partial charge in [-0.25, -0.2) is 0 Å². The maximum absolute atomic E-state index is 14.9. The molecule has 9 atom stereocenters. The third-order valence-corrected chi connectivity index (χ3v) is 16.7. The van der Waals surface area contributed by atoms with Crippen molar-refractivity contribution in [2.24, 2.45) is 10.8 Å². The number of nitrogens with zero attached hydrogens (tertiary/aromatic N) is 2. The number of benzene rings is 4. The summed E-state index contributed by atoms with van der Waals surface area (Å²) in [5, 5.41) is 25.0. The molecule has 0 bridgehead atoms. The van der Waals surface area contributed by atoms with Gasteiger partial charge in [0.05, 0.1) is 24.2 Å². The number of carbonyl (C=O) groups excluding carboxylic acids is 7. The van der Waals surface area contributed by atoms with Crippen LogP contribution in [0.1, 0.15) is 149 Å². The third-order valence-electron chi connectivity index (χ3n) is 16.7. The van der Waals surface area contributed by atoms with Crippen molar-refractivity contribution in [2.45, 2.75) is 174 Å². The molecule has 4 aliphatic rings. The minimum Gasteiger partial charge on any atom is -0.381 e. The van der Waals surface area contributed by atoms with Crippen molar-refractivity contribution in [3.05, 3.63) is 136 Å². The molecular weight excluding hydrogens is 1010 g/mol. The van der Waals surface area contributed by atoms with Crippen LogP contribution in [-0.2, 0) is 61.1 Å². The van der Waals surface area contributed by atoms with Crippen LogP contribution in [0.5, 0.6) is 0 Å². The van der Waals surface area contributed by atoms with Gasteiger partial charge in [-0.05, 0) is 147 Å². The molecule has 2 heterocycles. The van der Waals surface area contributed by atoms with Crippen LogP contribution in [-0.4, -0.2) is 114 Å². The van der Waals surface area contributed by atoms with Crippen molar-refractivity contribution >= 4 is 47.0 Å². The van der Waals surface area contributed by atoms with Gasteiger partial charge in [0.1, 0.15) is 24.2 Å². The molecule has 8 N–H and O–H groups in total. The van der Waals surface area contributed by atoms with Gasteiger partial charge in [0, 0.05) is 43.3 Å². The summed E-state index contributed by atoms with van der Waals surface area (Å²) in [4.78, 5) is 102. The van der Waals surface area contributed by atoms with E-state index in [1.54, 1.807) is 45.0 Å². The first-order chi connectivity index (χ1) is 38.0. The van der Waals surface area contributed by atoms with E-state index in [9.17, 15) is 33.6 Å². The van der Waals surface area contributed by atoms with Gasteiger partial charge in [0.25, 0.3) is 5.91 Å². The first-order valence-electron chi connectivity index (χ1n) is 28.6. The van der Waals surface area contributed by atoms with Gasteiger partial charge >= 0.3 is 0 Å². The smallest absolute Gasteiger partial charge is 0.251 e. The highest BCUT2D eigenvalue weighted by molar-refractivity contribution is 5.97. The quantitative estimate of drug-likeness (QED) is 0.0624. The molecule has 1 saturated heterocycles. The van der Waals surface area contributed by atoms with Crippen molar-refractivity contribution in [2.75, 3.05) is 26.0 Å². The van der Waals surface area contributed by atoms with E-state index >= 15 is 0 Å². The Kier molecular flexibility index (Phi) is 18.5. The van der Waals surface area contributed by atoms with Crippen molar-refractivity contribution in [1.82, 2.24) is 47.0 Å². The fourth-order valence-corrected chi connectivity index (χ4v) is 11.6. The average molecular weight is 1090 g/mol. The predicted octanol–water partition coefficient (Wildman–Crippen LogP) is 5.92. The molecule has 2 aliphatic carbocycles. The van der Waals surface area contributed by atoms with Gasteiger partial charge in [-0.3, -0.25) is 33.6 Å². The second-order valence-electron chi connectivity index (χ2n) is 24.6. The second kappa shape index (κ2) is 25.1. The minimum atomic E-state index is -0.942. The van der Waals surface area contributed by atoms with E-state index in [4.69, 9.17) is 0 Å². The Morgan fingerprint density at radius 2 is 1.10 bits per heavy atom. The molecule has 0 radical (unpaired) electrons. The number of nitrogens with one attached hydrogen (secondary N) is 8. The number of likely N-dealkylation sites (N-methyl/N-ethyl adjacent to an activating group) is 2. The summed E-state index contributed by atoms with van der Waals surface area (Å²) >= 11 is 0. The average Bonchev–Trinajstić information content (AvgIpc) is 3.98. The van der Waals surface area contributed by atoms with Crippen molar-refractivity contribution in [1.29, 1.82) is 0 Å². The molecule has 0 saturated carbocycles. The lowest BCUT2D eigenvalue weighted by Gasteiger charge is -2.42. The maximum atomic E-state index is 14.9. The van der Waals surface area contributed by atoms with Crippen LogP contribution in [0, 0.1) is 10.8 Å². The second-order valence-corrected chi connectivity index (χ2v) is 24.6. The summed E-state index contributed by atoms with van der Waals surface area (Å²) in [5.41, 5.74) is 7.18. The number of carbonyl (C=O) groups is 7. The predicted molar refractivity (Wildman–Crippen MR) is 310 cm³/mol. The maximum Gasteiger partial charge on any atom is 0.251 e. The van der Waals surface area contributed by atoms with Crippen LogP contribution in [0.3, 0.4) is 0 Å². The Bertz CT molecular complexity index is 2930. The first-order valence-corrected chi connectivity index (χ1v) is 28.6. The summed E-state index contributed by atoms with van der Waals surface area (Å²) in [6.45, 7) is 15.5. The summed E-state index contributed by atoms with van der Waals surface area (Å²) < 4.78 is 0.